The molecule has 0 radical (unpaired) electrons. The van der Waals surface area contributed by atoms with Gasteiger partial charge in [0.05, 0.1) is 16.6 Å². The summed E-state index contributed by atoms with van der Waals surface area (Å²) in [5.41, 5.74) is 2.28. The smallest absolute Gasteiger partial charge is 0.335 e. The summed E-state index contributed by atoms with van der Waals surface area (Å²) >= 11 is 0. The second-order valence-electron chi connectivity index (χ2n) is 6.10. The van der Waals surface area contributed by atoms with Crippen molar-refractivity contribution < 1.29 is 14.3 Å². The molecule has 4 aromatic rings. The number of carboxylic acids is 1. The Morgan fingerprint density at radius 3 is 2.35 bits per heavy atom. The van der Waals surface area contributed by atoms with Crippen molar-refractivity contribution in [1.82, 2.24) is 4.57 Å². The Labute approximate surface area is 147 Å². The van der Waals surface area contributed by atoms with Crippen LogP contribution in [0.5, 0.6) is 0 Å². The van der Waals surface area contributed by atoms with Crippen LogP contribution in [-0.4, -0.2) is 15.6 Å². The molecule has 0 aliphatic carbocycles. The largest absolute Gasteiger partial charge is 0.478 e. The van der Waals surface area contributed by atoms with Crippen LogP contribution in [0.1, 0.15) is 15.9 Å². The van der Waals surface area contributed by atoms with Crippen molar-refractivity contribution in [3.8, 4) is 0 Å². The lowest BCUT2D eigenvalue weighted by molar-refractivity contribution is 0.0697. The van der Waals surface area contributed by atoms with E-state index in [1.165, 1.54) is 12.1 Å². The first-order valence-corrected chi connectivity index (χ1v) is 8.07. The first kappa shape index (κ1) is 16.0. The van der Waals surface area contributed by atoms with Gasteiger partial charge in [0.1, 0.15) is 5.82 Å². The molecule has 0 saturated carbocycles. The summed E-state index contributed by atoms with van der Waals surface area (Å²) in [6.07, 6.45) is 0. The molecule has 0 aliphatic rings. The van der Waals surface area contributed by atoms with Gasteiger partial charge in [0.2, 0.25) is 0 Å². The van der Waals surface area contributed by atoms with Gasteiger partial charge in [-0.3, -0.25) is 4.79 Å². The fourth-order valence-electron chi connectivity index (χ4n) is 3.21. The molecule has 0 atom stereocenters. The first-order valence-electron chi connectivity index (χ1n) is 8.07. The van der Waals surface area contributed by atoms with Gasteiger partial charge in [-0.2, -0.15) is 0 Å². The van der Waals surface area contributed by atoms with Crippen molar-refractivity contribution in [3.63, 3.8) is 0 Å². The van der Waals surface area contributed by atoms with Gasteiger partial charge in [-0.25, -0.2) is 9.18 Å². The van der Waals surface area contributed by atoms with Crippen LogP contribution in [0.25, 0.3) is 21.8 Å². The SMILES string of the molecule is O=C(O)c1ccc(Cn2c3ccccc3c(=O)c3cc(F)ccc32)cc1. The minimum Gasteiger partial charge on any atom is -0.478 e. The van der Waals surface area contributed by atoms with Crippen molar-refractivity contribution in [1.29, 1.82) is 0 Å². The third-order valence-corrected chi connectivity index (χ3v) is 4.48. The third kappa shape index (κ3) is 2.63. The number of carbonyl (C=O) groups is 1. The maximum absolute atomic E-state index is 13.7. The molecular formula is C21H14FNO3. The fraction of sp³-hybridized carbons (Fsp3) is 0.0476. The summed E-state index contributed by atoms with van der Waals surface area (Å²) in [4.78, 5) is 23.7. The highest BCUT2D eigenvalue weighted by molar-refractivity contribution is 5.93. The average molecular weight is 347 g/mol. The molecule has 0 amide bonds. The van der Waals surface area contributed by atoms with Gasteiger partial charge in [-0.15, -0.1) is 0 Å². The van der Waals surface area contributed by atoms with Gasteiger partial charge < -0.3 is 9.67 Å². The number of carboxylic acid groups (broad SMARTS) is 1. The predicted octanol–water partition coefficient (Wildman–Crippen LogP) is 4.04. The van der Waals surface area contributed by atoms with Crippen LogP contribution in [0.2, 0.25) is 0 Å². The summed E-state index contributed by atoms with van der Waals surface area (Å²) in [5, 5.41) is 9.88. The molecule has 128 valence electrons. The Balaban J connectivity index is 1.96. The summed E-state index contributed by atoms with van der Waals surface area (Å²) in [7, 11) is 0. The van der Waals surface area contributed by atoms with E-state index in [-0.39, 0.29) is 11.0 Å². The molecule has 4 nitrogen and oxygen atoms in total. The van der Waals surface area contributed by atoms with Crippen molar-refractivity contribution >= 4 is 27.8 Å². The van der Waals surface area contributed by atoms with E-state index in [2.05, 4.69) is 0 Å². The number of rotatable bonds is 3. The van der Waals surface area contributed by atoms with Gasteiger partial charge in [-0.1, -0.05) is 24.3 Å². The maximum Gasteiger partial charge on any atom is 0.335 e. The van der Waals surface area contributed by atoms with Crippen LogP contribution in [0, 0.1) is 5.82 Å². The van der Waals surface area contributed by atoms with Gasteiger partial charge >= 0.3 is 5.97 Å². The highest BCUT2D eigenvalue weighted by Crippen LogP contribution is 2.21. The fourth-order valence-corrected chi connectivity index (χ4v) is 3.21. The number of pyridine rings is 1. The molecule has 1 N–H and O–H groups in total. The molecule has 0 bridgehead atoms. The van der Waals surface area contributed by atoms with E-state index in [1.807, 2.05) is 16.7 Å². The van der Waals surface area contributed by atoms with E-state index in [0.717, 1.165) is 11.1 Å². The second kappa shape index (κ2) is 6.11. The molecule has 0 unspecified atom stereocenters. The number of hydrogen-bond donors (Lipinski definition) is 1. The number of aromatic nitrogens is 1. The zero-order chi connectivity index (χ0) is 18.3. The second-order valence-corrected chi connectivity index (χ2v) is 6.10. The van der Waals surface area contributed by atoms with E-state index in [9.17, 15) is 14.0 Å². The standard InChI is InChI=1S/C21H14FNO3/c22-15-9-10-19-17(11-15)20(24)16-3-1-2-4-18(16)23(19)12-13-5-7-14(8-6-13)21(25)26/h1-11H,12H2,(H,25,26). The molecule has 1 aromatic heterocycles. The van der Waals surface area contributed by atoms with Crippen LogP contribution in [0.15, 0.2) is 71.5 Å². The summed E-state index contributed by atoms with van der Waals surface area (Å²) in [5.74, 6) is -1.44. The predicted molar refractivity (Wildman–Crippen MR) is 98.2 cm³/mol. The molecule has 4 rings (SSSR count). The van der Waals surface area contributed by atoms with E-state index < -0.39 is 11.8 Å². The zero-order valence-corrected chi connectivity index (χ0v) is 13.6. The number of aromatic carboxylic acids is 1. The van der Waals surface area contributed by atoms with Gasteiger partial charge in [0, 0.05) is 17.3 Å². The highest BCUT2D eigenvalue weighted by Gasteiger charge is 2.12. The maximum atomic E-state index is 13.7. The van der Waals surface area contributed by atoms with Crippen LogP contribution in [0.3, 0.4) is 0 Å². The molecule has 3 aromatic carbocycles. The molecule has 0 fully saturated rings. The van der Waals surface area contributed by atoms with Crippen molar-refractivity contribution in [2.75, 3.05) is 0 Å². The minimum atomic E-state index is -0.980. The molecule has 26 heavy (non-hydrogen) atoms. The number of hydrogen-bond acceptors (Lipinski definition) is 2. The van der Waals surface area contributed by atoms with E-state index in [1.54, 1.807) is 42.5 Å². The van der Waals surface area contributed by atoms with Crippen LogP contribution >= 0.6 is 0 Å². The number of nitrogens with zero attached hydrogens (tertiary/aromatic N) is 1. The molecule has 1 heterocycles. The van der Waals surface area contributed by atoms with E-state index in [4.69, 9.17) is 5.11 Å². The third-order valence-electron chi connectivity index (χ3n) is 4.48. The normalized spacial score (nSPS) is 11.1. The average Bonchev–Trinajstić information content (AvgIpc) is 2.65. The highest BCUT2D eigenvalue weighted by atomic mass is 19.1. The number of para-hydroxylation sites is 1. The summed E-state index contributed by atoms with van der Waals surface area (Å²) in [6, 6.07) is 18.0. The lowest BCUT2D eigenvalue weighted by Gasteiger charge is -2.15. The Kier molecular flexibility index (Phi) is 3.77. The van der Waals surface area contributed by atoms with Crippen LogP contribution in [-0.2, 0) is 6.54 Å². The Hall–Kier alpha value is -3.47. The molecule has 5 heteroatoms. The zero-order valence-electron chi connectivity index (χ0n) is 13.6. The monoisotopic (exact) mass is 347 g/mol. The van der Waals surface area contributed by atoms with Gasteiger partial charge in [0.25, 0.3) is 0 Å². The Morgan fingerprint density at radius 1 is 0.923 bits per heavy atom. The lowest BCUT2D eigenvalue weighted by Crippen LogP contribution is -2.12. The number of fused-ring (bicyclic) bond motifs is 2. The van der Waals surface area contributed by atoms with Crippen molar-refractivity contribution in [2.24, 2.45) is 0 Å². The van der Waals surface area contributed by atoms with Crippen LogP contribution in [0.4, 0.5) is 4.39 Å². The van der Waals surface area contributed by atoms with E-state index in [0.29, 0.717) is 22.8 Å². The Bertz CT molecular complexity index is 1210. The molecule has 0 saturated heterocycles. The lowest BCUT2D eigenvalue weighted by atomic mass is 10.1. The van der Waals surface area contributed by atoms with E-state index >= 15 is 0 Å². The van der Waals surface area contributed by atoms with Gasteiger partial charge in [0.15, 0.2) is 5.43 Å². The van der Waals surface area contributed by atoms with Crippen molar-refractivity contribution in [2.45, 2.75) is 6.54 Å². The first-order chi connectivity index (χ1) is 12.5. The van der Waals surface area contributed by atoms with Crippen molar-refractivity contribution in [3.05, 3.63) is 93.9 Å². The molecule has 0 spiro atoms. The molecular weight excluding hydrogens is 333 g/mol. The number of benzene rings is 3. The topological polar surface area (TPSA) is 59.3 Å². The summed E-state index contributed by atoms with van der Waals surface area (Å²) in [6.45, 7) is 0.433. The Morgan fingerprint density at radius 2 is 1.62 bits per heavy atom. The summed E-state index contributed by atoms with van der Waals surface area (Å²) < 4.78 is 15.6. The molecule has 0 aliphatic heterocycles. The minimum absolute atomic E-state index is 0.201. The van der Waals surface area contributed by atoms with Gasteiger partial charge in [-0.05, 0) is 48.0 Å². The number of halogens is 1. The van der Waals surface area contributed by atoms with Crippen LogP contribution < -0.4 is 5.43 Å². The quantitative estimate of drug-likeness (QED) is 0.569.